The minimum atomic E-state index is -4.22. The fraction of sp³-hybridized carbons (Fsp3) is 0.118. The molecule has 0 amide bonds. The molecule has 1 N–H and O–H groups in total. The molecule has 2 heterocycles. The highest BCUT2D eigenvalue weighted by Gasteiger charge is 2.35. The predicted molar refractivity (Wildman–Crippen MR) is 95.3 cm³/mol. The zero-order chi connectivity index (χ0) is 18.9. The summed E-state index contributed by atoms with van der Waals surface area (Å²) in [6.45, 7) is 5.65. The summed E-state index contributed by atoms with van der Waals surface area (Å²) in [5.41, 5.74) is -0.460. The SMILES string of the molecule is C=C(OCC)c1c([N+](=O)[O-])c(S(=O)(=O)c2ccccc2)nc2[nH]ccc12. The molecular formula is C17H15N3O5S. The number of sulfone groups is 1. The van der Waals surface area contributed by atoms with E-state index in [4.69, 9.17) is 4.74 Å². The third kappa shape index (κ3) is 2.82. The first kappa shape index (κ1) is 17.6. The Labute approximate surface area is 149 Å². The van der Waals surface area contributed by atoms with Crippen LogP contribution in [0.15, 0.2) is 59.1 Å². The van der Waals surface area contributed by atoms with Gasteiger partial charge in [0.15, 0.2) is 0 Å². The molecule has 9 heteroatoms. The zero-order valence-corrected chi connectivity index (χ0v) is 14.6. The number of nitro groups is 1. The fourth-order valence-electron chi connectivity index (χ4n) is 2.64. The molecule has 1 aromatic carbocycles. The Morgan fingerprint density at radius 1 is 1.31 bits per heavy atom. The summed E-state index contributed by atoms with van der Waals surface area (Å²) in [5.74, 6) is 0.00992. The normalized spacial score (nSPS) is 11.4. The number of fused-ring (bicyclic) bond motifs is 1. The Morgan fingerprint density at radius 3 is 2.62 bits per heavy atom. The van der Waals surface area contributed by atoms with Gasteiger partial charge < -0.3 is 9.72 Å². The average Bonchev–Trinajstić information content (AvgIpc) is 3.09. The molecule has 2 aromatic heterocycles. The summed E-state index contributed by atoms with van der Waals surface area (Å²) >= 11 is 0. The van der Waals surface area contributed by atoms with Crippen molar-refractivity contribution in [1.82, 2.24) is 9.97 Å². The van der Waals surface area contributed by atoms with Crippen molar-refractivity contribution in [2.75, 3.05) is 6.61 Å². The van der Waals surface area contributed by atoms with Crippen LogP contribution in [-0.4, -0.2) is 29.9 Å². The van der Waals surface area contributed by atoms with Gasteiger partial charge in [-0.3, -0.25) is 10.1 Å². The van der Waals surface area contributed by atoms with Crippen molar-refractivity contribution in [2.24, 2.45) is 0 Å². The maximum absolute atomic E-state index is 13.0. The second-order valence-electron chi connectivity index (χ2n) is 5.31. The first-order chi connectivity index (χ1) is 12.4. The minimum absolute atomic E-state index is 0.00222. The number of hydrogen-bond acceptors (Lipinski definition) is 6. The number of nitrogens with zero attached hydrogens (tertiary/aromatic N) is 2. The van der Waals surface area contributed by atoms with Crippen molar-refractivity contribution in [3.8, 4) is 0 Å². The maximum atomic E-state index is 13.0. The zero-order valence-electron chi connectivity index (χ0n) is 13.8. The van der Waals surface area contributed by atoms with Gasteiger partial charge >= 0.3 is 5.69 Å². The van der Waals surface area contributed by atoms with Crippen LogP contribution in [0.2, 0.25) is 0 Å². The van der Waals surface area contributed by atoms with E-state index in [0.717, 1.165) is 0 Å². The van der Waals surface area contributed by atoms with Crippen LogP contribution in [0.1, 0.15) is 12.5 Å². The van der Waals surface area contributed by atoms with Crippen molar-refractivity contribution >= 4 is 32.3 Å². The maximum Gasteiger partial charge on any atom is 0.318 e. The Balaban J connectivity index is 2.41. The summed E-state index contributed by atoms with van der Waals surface area (Å²) in [6, 6.07) is 9.00. The van der Waals surface area contributed by atoms with Crippen LogP contribution < -0.4 is 0 Å². The van der Waals surface area contributed by atoms with Crippen LogP contribution in [0.5, 0.6) is 0 Å². The largest absolute Gasteiger partial charge is 0.494 e. The summed E-state index contributed by atoms with van der Waals surface area (Å²) < 4.78 is 31.3. The van der Waals surface area contributed by atoms with E-state index in [2.05, 4.69) is 16.5 Å². The molecule has 134 valence electrons. The van der Waals surface area contributed by atoms with E-state index in [1.807, 2.05) is 0 Å². The van der Waals surface area contributed by atoms with E-state index in [0.29, 0.717) is 5.39 Å². The summed E-state index contributed by atoms with van der Waals surface area (Å²) in [5, 5.41) is 11.5. The average molecular weight is 373 g/mol. The first-order valence-electron chi connectivity index (χ1n) is 7.65. The molecule has 0 fully saturated rings. The number of nitrogens with one attached hydrogen (secondary N) is 1. The Bertz CT molecular complexity index is 1100. The monoisotopic (exact) mass is 373 g/mol. The summed E-state index contributed by atoms with van der Waals surface area (Å²) in [6.07, 6.45) is 1.52. The van der Waals surface area contributed by atoms with E-state index < -0.39 is 25.5 Å². The highest BCUT2D eigenvalue weighted by atomic mass is 32.2. The highest BCUT2D eigenvalue weighted by molar-refractivity contribution is 7.91. The Morgan fingerprint density at radius 2 is 2.00 bits per heavy atom. The molecular weight excluding hydrogens is 358 g/mol. The van der Waals surface area contributed by atoms with Crippen LogP contribution in [0, 0.1) is 10.1 Å². The number of benzene rings is 1. The lowest BCUT2D eigenvalue weighted by atomic mass is 10.1. The van der Waals surface area contributed by atoms with Crippen LogP contribution in [-0.2, 0) is 14.6 Å². The van der Waals surface area contributed by atoms with Gasteiger partial charge in [-0.2, -0.15) is 0 Å². The first-order valence-corrected chi connectivity index (χ1v) is 9.14. The Kier molecular flexibility index (Phi) is 4.47. The van der Waals surface area contributed by atoms with Crippen LogP contribution in [0.4, 0.5) is 5.69 Å². The van der Waals surface area contributed by atoms with Gasteiger partial charge in [0.2, 0.25) is 14.9 Å². The lowest BCUT2D eigenvalue weighted by molar-refractivity contribution is -0.388. The lowest BCUT2D eigenvalue weighted by Gasteiger charge is -2.12. The third-order valence-electron chi connectivity index (χ3n) is 3.74. The molecule has 3 aromatic rings. The summed E-state index contributed by atoms with van der Waals surface area (Å²) in [7, 11) is -4.22. The van der Waals surface area contributed by atoms with Crippen molar-refractivity contribution in [1.29, 1.82) is 0 Å². The van der Waals surface area contributed by atoms with E-state index in [1.165, 1.54) is 30.5 Å². The van der Waals surface area contributed by atoms with Crippen molar-refractivity contribution in [2.45, 2.75) is 16.8 Å². The molecule has 0 bridgehead atoms. The fourth-order valence-corrected chi connectivity index (χ4v) is 4.02. The molecule has 26 heavy (non-hydrogen) atoms. The predicted octanol–water partition coefficient (Wildman–Crippen LogP) is 3.31. The molecule has 3 rings (SSSR count). The number of aromatic amines is 1. The van der Waals surface area contributed by atoms with Gasteiger partial charge in [-0.1, -0.05) is 24.8 Å². The van der Waals surface area contributed by atoms with E-state index in [-0.39, 0.29) is 28.5 Å². The summed E-state index contributed by atoms with van der Waals surface area (Å²) in [4.78, 5) is 17.7. The Hall–Kier alpha value is -3.20. The van der Waals surface area contributed by atoms with Gasteiger partial charge in [-0.05, 0) is 25.1 Å². The standard InChI is InChI=1S/C17H15N3O5S/c1-3-25-11(2)14-13-9-10-18-16(13)19-17(15(14)20(21)22)26(23,24)12-7-5-4-6-8-12/h4-10H,2-3H2,1H3,(H,18,19). The van der Waals surface area contributed by atoms with Crippen LogP contribution >= 0.6 is 0 Å². The number of pyridine rings is 1. The number of ether oxygens (including phenoxy) is 1. The third-order valence-corrected chi connectivity index (χ3v) is 5.42. The van der Waals surface area contributed by atoms with E-state index >= 15 is 0 Å². The van der Waals surface area contributed by atoms with Crippen LogP contribution in [0.25, 0.3) is 16.8 Å². The molecule has 0 unspecified atom stereocenters. The van der Waals surface area contributed by atoms with Crippen LogP contribution in [0.3, 0.4) is 0 Å². The van der Waals surface area contributed by atoms with Crippen molar-refractivity contribution in [3.63, 3.8) is 0 Å². The minimum Gasteiger partial charge on any atom is -0.494 e. The van der Waals surface area contributed by atoms with Crippen molar-refractivity contribution < 1.29 is 18.1 Å². The molecule has 0 spiro atoms. The smallest absolute Gasteiger partial charge is 0.318 e. The lowest BCUT2D eigenvalue weighted by Crippen LogP contribution is -2.11. The second kappa shape index (κ2) is 6.60. The number of hydrogen-bond donors (Lipinski definition) is 1. The number of H-pyrrole nitrogens is 1. The molecule has 0 atom stereocenters. The molecule has 0 saturated carbocycles. The van der Waals surface area contributed by atoms with Gasteiger partial charge in [-0.25, -0.2) is 13.4 Å². The molecule has 0 aliphatic carbocycles. The molecule has 8 nitrogen and oxygen atoms in total. The van der Waals surface area contributed by atoms with Gasteiger partial charge in [0.25, 0.3) is 0 Å². The van der Waals surface area contributed by atoms with Gasteiger partial charge in [0, 0.05) is 11.6 Å². The molecule has 0 aliphatic rings. The topological polar surface area (TPSA) is 115 Å². The van der Waals surface area contributed by atoms with E-state index in [1.54, 1.807) is 19.1 Å². The van der Waals surface area contributed by atoms with E-state index in [9.17, 15) is 18.5 Å². The highest BCUT2D eigenvalue weighted by Crippen LogP contribution is 2.38. The second-order valence-corrected chi connectivity index (χ2v) is 7.18. The van der Waals surface area contributed by atoms with Crippen molar-refractivity contribution in [3.05, 3.63) is 64.9 Å². The number of aromatic nitrogens is 2. The number of rotatable bonds is 6. The van der Waals surface area contributed by atoms with Gasteiger partial charge in [0.1, 0.15) is 17.0 Å². The molecule has 0 aliphatic heterocycles. The van der Waals surface area contributed by atoms with Gasteiger partial charge in [0.05, 0.1) is 16.4 Å². The van der Waals surface area contributed by atoms with Gasteiger partial charge in [-0.15, -0.1) is 0 Å². The molecule has 0 saturated heterocycles. The quantitative estimate of drug-likeness (QED) is 0.403. The molecule has 0 radical (unpaired) electrons.